The monoisotopic (exact) mass is 360 g/mol. The fourth-order valence-corrected chi connectivity index (χ4v) is 1.91. The first-order valence-electron chi connectivity index (χ1n) is 5.37. The van der Waals surface area contributed by atoms with Crippen molar-refractivity contribution < 1.29 is 4.79 Å². The van der Waals surface area contributed by atoms with E-state index in [1.54, 1.807) is 26.8 Å². The molecule has 18 heavy (non-hydrogen) atoms. The number of nitrogens with zero attached hydrogens (tertiary/aromatic N) is 1. The van der Waals surface area contributed by atoms with Crippen molar-refractivity contribution in [2.75, 3.05) is 5.32 Å². The van der Waals surface area contributed by atoms with Crippen LogP contribution < -0.4 is 10.9 Å². The Hall–Kier alpha value is -1.38. The SMILES string of the molecule is CC(C)(C)C(=O)Nc1nc2[nH]c(I)cc2c(=O)[nH]1. The quantitative estimate of drug-likeness (QED) is 0.678. The fourth-order valence-electron chi connectivity index (χ4n) is 1.34. The lowest BCUT2D eigenvalue weighted by molar-refractivity contribution is -0.123. The molecule has 6 nitrogen and oxygen atoms in total. The van der Waals surface area contributed by atoms with Crippen molar-refractivity contribution in [2.45, 2.75) is 20.8 Å². The van der Waals surface area contributed by atoms with E-state index in [2.05, 4.69) is 42.9 Å². The Balaban J connectivity index is 2.41. The molecular formula is C11H13IN4O2. The highest BCUT2D eigenvalue weighted by molar-refractivity contribution is 14.1. The van der Waals surface area contributed by atoms with Crippen LogP contribution in [0.4, 0.5) is 5.95 Å². The number of aromatic amines is 2. The molecule has 3 N–H and O–H groups in total. The zero-order valence-corrected chi connectivity index (χ0v) is 12.4. The van der Waals surface area contributed by atoms with Gasteiger partial charge in [-0.25, -0.2) is 0 Å². The first-order chi connectivity index (χ1) is 8.27. The molecule has 0 saturated heterocycles. The Morgan fingerprint density at radius 1 is 1.39 bits per heavy atom. The summed E-state index contributed by atoms with van der Waals surface area (Å²) in [6.07, 6.45) is 0. The Morgan fingerprint density at radius 2 is 2.06 bits per heavy atom. The Bertz CT molecular complexity index is 666. The van der Waals surface area contributed by atoms with Gasteiger partial charge in [0.1, 0.15) is 5.65 Å². The van der Waals surface area contributed by atoms with Gasteiger partial charge in [-0.15, -0.1) is 0 Å². The smallest absolute Gasteiger partial charge is 0.261 e. The summed E-state index contributed by atoms with van der Waals surface area (Å²) in [4.78, 5) is 33.2. The van der Waals surface area contributed by atoms with E-state index < -0.39 is 5.41 Å². The second-order valence-corrected chi connectivity index (χ2v) is 6.16. The second-order valence-electron chi connectivity index (χ2n) is 5.00. The van der Waals surface area contributed by atoms with Crippen molar-refractivity contribution >= 4 is 45.5 Å². The number of H-pyrrole nitrogens is 2. The van der Waals surface area contributed by atoms with Gasteiger partial charge in [-0.05, 0) is 28.7 Å². The fraction of sp³-hybridized carbons (Fsp3) is 0.364. The molecule has 0 fully saturated rings. The van der Waals surface area contributed by atoms with Crippen LogP contribution in [0.25, 0.3) is 11.0 Å². The third kappa shape index (κ3) is 2.55. The third-order valence-electron chi connectivity index (χ3n) is 2.38. The molecule has 0 unspecified atom stereocenters. The molecule has 0 saturated carbocycles. The molecule has 2 aromatic rings. The van der Waals surface area contributed by atoms with E-state index in [9.17, 15) is 9.59 Å². The maximum absolute atomic E-state index is 11.8. The number of carbonyl (C=O) groups is 1. The van der Waals surface area contributed by atoms with Gasteiger partial charge in [0.2, 0.25) is 11.9 Å². The maximum atomic E-state index is 11.8. The van der Waals surface area contributed by atoms with Gasteiger partial charge in [0.05, 0.1) is 9.09 Å². The van der Waals surface area contributed by atoms with E-state index in [4.69, 9.17) is 0 Å². The number of carbonyl (C=O) groups excluding carboxylic acids is 1. The number of aromatic nitrogens is 3. The highest BCUT2D eigenvalue weighted by Crippen LogP contribution is 2.16. The van der Waals surface area contributed by atoms with Crippen molar-refractivity contribution in [3.8, 4) is 0 Å². The molecule has 96 valence electrons. The lowest BCUT2D eigenvalue weighted by Crippen LogP contribution is -2.29. The zero-order valence-electron chi connectivity index (χ0n) is 10.2. The number of anilines is 1. The van der Waals surface area contributed by atoms with Crippen LogP contribution >= 0.6 is 22.6 Å². The number of fused-ring (bicyclic) bond motifs is 1. The third-order valence-corrected chi connectivity index (χ3v) is 2.96. The normalized spacial score (nSPS) is 11.8. The minimum atomic E-state index is -0.544. The molecule has 0 spiro atoms. The number of halogens is 1. The molecule has 7 heteroatoms. The van der Waals surface area contributed by atoms with Crippen LogP contribution in [0.15, 0.2) is 10.9 Å². The van der Waals surface area contributed by atoms with Gasteiger partial charge < -0.3 is 4.98 Å². The van der Waals surface area contributed by atoms with Crippen molar-refractivity contribution in [1.82, 2.24) is 15.0 Å². The molecule has 0 aliphatic heterocycles. The first-order valence-corrected chi connectivity index (χ1v) is 6.45. The molecule has 0 bridgehead atoms. The summed E-state index contributed by atoms with van der Waals surface area (Å²) >= 11 is 2.06. The predicted octanol–water partition coefficient (Wildman–Crippen LogP) is 1.84. The number of rotatable bonds is 1. The highest BCUT2D eigenvalue weighted by atomic mass is 127. The van der Waals surface area contributed by atoms with Crippen LogP contribution in [0.3, 0.4) is 0 Å². The lowest BCUT2D eigenvalue weighted by atomic mass is 9.96. The Labute approximate surface area is 117 Å². The first kappa shape index (κ1) is 13.1. The van der Waals surface area contributed by atoms with Crippen molar-refractivity contribution in [3.05, 3.63) is 20.1 Å². The van der Waals surface area contributed by atoms with Gasteiger partial charge in [-0.3, -0.25) is 19.9 Å². The number of amides is 1. The van der Waals surface area contributed by atoms with Gasteiger partial charge in [-0.2, -0.15) is 4.98 Å². The molecule has 0 radical (unpaired) electrons. The molecule has 1 amide bonds. The van der Waals surface area contributed by atoms with Crippen LogP contribution in [0.5, 0.6) is 0 Å². The minimum Gasteiger partial charge on any atom is -0.334 e. The van der Waals surface area contributed by atoms with Crippen LogP contribution in [-0.4, -0.2) is 20.9 Å². The molecule has 2 rings (SSSR count). The summed E-state index contributed by atoms with van der Waals surface area (Å²) in [6.45, 7) is 5.36. The van der Waals surface area contributed by atoms with E-state index in [0.29, 0.717) is 11.0 Å². The van der Waals surface area contributed by atoms with Gasteiger partial charge >= 0.3 is 0 Å². The molecular weight excluding hydrogens is 347 g/mol. The average molecular weight is 360 g/mol. The van der Waals surface area contributed by atoms with Gasteiger partial charge in [-0.1, -0.05) is 20.8 Å². The van der Waals surface area contributed by atoms with E-state index in [1.807, 2.05) is 0 Å². The molecule has 2 aromatic heterocycles. The summed E-state index contributed by atoms with van der Waals surface area (Å²) in [6, 6.07) is 1.71. The minimum absolute atomic E-state index is 0.158. The average Bonchev–Trinajstić information content (AvgIpc) is 2.57. The van der Waals surface area contributed by atoms with Gasteiger partial charge in [0, 0.05) is 5.41 Å². The van der Waals surface area contributed by atoms with Gasteiger partial charge in [0.25, 0.3) is 5.56 Å². The Kier molecular flexibility index (Phi) is 3.18. The molecule has 0 aromatic carbocycles. The molecule has 0 aliphatic rings. The van der Waals surface area contributed by atoms with Crippen molar-refractivity contribution in [2.24, 2.45) is 5.41 Å². The standard InChI is InChI=1S/C11H13IN4O2/c1-11(2,3)9(18)16-10-14-7-5(8(17)15-10)4-6(12)13-7/h4H,1-3H3,(H3,13,14,15,16,17,18). The largest absolute Gasteiger partial charge is 0.334 e. The summed E-state index contributed by atoms with van der Waals surface area (Å²) in [5.74, 6) is -0.0445. The predicted molar refractivity (Wildman–Crippen MR) is 77.5 cm³/mol. The van der Waals surface area contributed by atoms with E-state index >= 15 is 0 Å². The van der Waals surface area contributed by atoms with E-state index in [0.717, 1.165) is 3.70 Å². The van der Waals surface area contributed by atoms with E-state index in [1.165, 1.54) is 0 Å². The second kappa shape index (κ2) is 4.38. The van der Waals surface area contributed by atoms with Crippen LogP contribution in [0, 0.1) is 9.12 Å². The lowest BCUT2D eigenvalue weighted by Gasteiger charge is -2.16. The molecule has 2 heterocycles. The number of hydrogen-bond acceptors (Lipinski definition) is 3. The Morgan fingerprint density at radius 3 is 2.67 bits per heavy atom. The maximum Gasteiger partial charge on any atom is 0.261 e. The number of nitrogens with one attached hydrogen (secondary N) is 3. The van der Waals surface area contributed by atoms with Crippen LogP contribution in [0.1, 0.15) is 20.8 Å². The summed E-state index contributed by atoms with van der Waals surface area (Å²) in [5, 5.41) is 3.08. The van der Waals surface area contributed by atoms with Crippen LogP contribution in [-0.2, 0) is 4.79 Å². The van der Waals surface area contributed by atoms with Crippen molar-refractivity contribution in [1.29, 1.82) is 0 Å². The van der Waals surface area contributed by atoms with E-state index in [-0.39, 0.29) is 17.4 Å². The van der Waals surface area contributed by atoms with Crippen LogP contribution in [0.2, 0.25) is 0 Å². The molecule has 0 aliphatic carbocycles. The highest BCUT2D eigenvalue weighted by Gasteiger charge is 2.22. The molecule has 0 atom stereocenters. The summed E-state index contributed by atoms with van der Waals surface area (Å²) < 4.78 is 0.819. The van der Waals surface area contributed by atoms with Gasteiger partial charge in [0.15, 0.2) is 0 Å². The topological polar surface area (TPSA) is 90.6 Å². The number of hydrogen-bond donors (Lipinski definition) is 3. The zero-order chi connectivity index (χ0) is 13.5. The summed E-state index contributed by atoms with van der Waals surface area (Å²) in [7, 11) is 0. The summed E-state index contributed by atoms with van der Waals surface area (Å²) in [5.41, 5.74) is -0.353. The van der Waals surface area contributed by atoms with Crippen molar-refractivity contribution in [3.63, 3.8) is 0 Å².